The van der Waals surface area contributed by atoms with E-state index < -0.39 is 0 Å². The van der Waals surface area contributed by atoms with Crippen LogP contribution in [0.3, 0.4) is 0 Å². The molecule has 1 aliphatic heterocycles. The number of aryl methyl sites for hydroxylation is 1. The van der Waals surface area contributed by atoms with Crippen molar-refractivity contribution in [1.82, 2.24) is 24.7 Å². The molecule has 2 N–H and O–H groups in total. The van der Waals surface area contributed by atoms with E-state index in [1.165, 1.54) is 0 Å². The molecule has 0 amide bonds. The zero-order valence-corrected chi connectivity index (χ0v) is 15.8. The maximum atomic E-state index is 10.4. The predicted molar refractivity (Wildman–Crippen MR) is 103 cm³/mol. The standard InChI is InChI=1S/C19H24N6O2/c1-12-9-16-18(15-7-6-14(27-3)10-17(15)26)21-22-19(25(16)23-12)20-13-5-4-8-24(2)11-13/h6-7,9-10,13,26H,4-5,8,11H2,1-3H3,(H,20,22)/t13-/m1/s1. The summed E-state index contributed by atoms with van der Waals surface area (Å²) in [5.74, 6) is 1.30. The molecule has 0 spiro atoms. The number of rotatable bonds is 4. The number of benzene rings is 1. The van der Waals surface area contributed by atoms with Gasteiger partial charge in [-0.15, -0.1) is 10.2 Å². The molecule has 3 heterocycles. The quantitative estimate of drug-likeness (QED) is 0.731. The van der Waals surface area contributed by atoms with E-state index in [-0.39, 0.29) is 5.75 Å². The number of hydrogen-bond acceptors (Lipinski definition) is 7. The lowest BCUT2D eigenvalue weighted by atomic mass is 10.1. The van der Waals surface area contributed by atoms with Crippen molar-refractivity contribution in [2.45, 2.75) is 25.8 Å². The van der Waals surface area contributed by atoms with E-state index >= 15 is 0 Å². The van der Waals surface area contributed by atoms with Crippen molar-refractivity contribution in [2.75, 3.05) is 32.6 Å². The summed E-state index contributed by atoms with van der Waals surface area (Å²) in [4.78, 5) is 2.31. The molecule has 0 unspecified atom stereocenters. The number of aromatic nitrogens is 4. The Kier molecular flexibility index (Phi) is 4.57. The first kappa shape index (κ1) is 17.5. The van der Waals surface area contributed by atoms with E-state index in [4.69, 9.17) is 4.74 Å². The Labute approximate surface area is 157 Å². The predicted octanol–water partition coefficient (Wildman–Crippen LogP) is 2.32. The molecule has 8 heteroatoms. The summed E-state index contributed by atoms with van der Waals surface area (Å²) >= 11 is 0. The van der Waals surface area contributed by atoms with Gasteiger partial charge in [-0.05, 0) is 51.6 Å². The monoisotopic (exact) mass is 368 g/mol. The third-order valence-corrected chi connectivity index (χ3v) is 4.94. The number of ether oxygens (including phenoxy) is 1. The van der Waals surface area contributed by atoms with E-state index in [2.05, 4.69) is 32.6 Å². The Morgan fingerprint density at radius 1 is 1.26 bits per heavy atom. The SMILES string of the molecule is COc1ccc(-c2nnc(N[C@@H]3CCCN(C)C3)n3nc(C)cc23)c(O)c1. The molecule has 1 atom stereocenters. The van der Waals surface area contributed by atoms with E-state index in [1.807, 2.05) is 13.0 Å². The minimum Gasteiger partial charge on any atom is -0.507 e. The second kappa shape index (κ2) is 7.03. The second-order valence-electron chi connectivity index (χ2n) is 7.08. The molecule has 0 aliphatic carbocycles. The Balaban J connectivity index is 1.74. The first-order valence-corrected chi connectivity index (χ1v) is 9.10. The first-order valence-electron chi connectivity index (χ1n) is 9.10. The summed E-state index contributed by atoms with van der Waals surface area (Å²) in [5, 5.41) is 27.2. The van der Waals surface area contributed by atoms with Crippen LogP contribution in [0.1, 0.15) is 18.5 Å². The van der Waals surface area contributed by atoms with Crippen LogP contribution in [0.2, 0.25) is 0 Å². The molecule has 1 fully saturated rings. The number of hydrogen-bond donors (Lipinski definition) is 2. The maximum Gasteiger partial charge on any atom is 0.244 e. The van der Waals surface area contributed by atoms with Gasteiger partial charge in [-0.25, -0.2) is 0 Å². The van der Waals surface area contributed by atoms with Crippen LogP contribution in [0.15, 0.2) is 24.3 Å². The lowest BCUT2D eigenvalue weighted by molar-refractivity contribution is 0.260. The zero-order valence-electron chi connectivity index (χ0n) is 15.8. The number of anilines is 1. The fraction of sp³-hybridized carbons (Fsp3) is 0.421. The number of nitrogens with zero attached hydrogens (tertiary/aromatic N) is 5. The van der Waals surface area contributed by atoms with Gasteiger partial charge in [-0.1, -0.05) is 0 Å². The summed E-state index contributed by atoms with van der Waals surface area (Å²) < 4.78 is 6.94. The average molecular weight is 368 g/mol. The van der Waals surface area contributed by atoms with Gasteiger partial charge in [0.2, 0.25) is 5.95 Å². The van der Waals surface area contributed by atoms with Gasteiger partial charge >= 0.3 is 0 Å². The second-order valence-corrected chi connectivity index (χ2v) is 7.08. The topological polar surface area (TPSA) is 87.8 Å². The van der Waals surface area contributed by atoms with E-state index in [9.17, 15) is 5.11 Å². The molecular formula is C19H24N6O2. The molecule has 27 heavy (non-hydrogen) atoms. The van der Waals surface area contributed by atoms with Gasteiger partial charge in [0.25, 0.3) is 0 Å². The Bertz CT molecular complexity index is 970. The molecule has 4 rings (SSSR count). The van der Waals surface area contributed by atoms with Crippen LogP contribution in [0, 0.1) is 6.92 Å². The molecular weight excluding hydrogens is 344 g/mol. The van der Waals surface area contributed by atoms with Crippen molar-refractivity contribution in [3.8, 4) is 22.8 Å². The molecule has 0 saturated carbocycles. The van der Waals surface area contributed by atoms with Crippen molar-refractivity contribution < 1.29 is 9.84 Å². The van der Waals surface area contributed by atoms with E-state index in [0.717, 1.165) is 37.1 Å². The van der Waals surface area contributed by atoms with Crippen LogP contribution >= 0.6 is 0 Å². The highest BCUT2D eigenvalue weighted by Gasteiger charge is 2.21. The van der Waals surface area contributed by atoms with Gasteiger partial charge in [-0.3, -0.25) is 0 Å². The minimum absolute atomic E-state index is 0.0963. The van der Waals surface area contributed by atoms with Crippen LogP contribution in [0.5, 0.6) is 11.5 Å². The molecule has 3 aromatic rings. The molecule has 8 nitrogen and oxygen atoms in total. The number of aromatic hydroxyl groups is 1. The van der Waals surface area contributed by atoms with Crippen LogP contribution in [0.4, 0.5) is 5.95 Å². The van der Waals surface area contributed by atoms with Crippen molar-refractivity contribution in [3.05, 3.63) is 30.0 Å². The number of piperidine rings is 1. The van der Waals surface area contributed by atoms with Gasteiger partial charge in [0, 0.05) is 24.2 Å². The number of phenols is 1. The number of nitrogens with one attached hydrogen (secondary N) is 1. The maximum absolute atomic E-state index is 10.4. The van der Waals surface area contributed by atoms with Gasteiger partial charge in [0.05, 0.1) is 18.3 Å². The fourth-order valence-electron chi connectivity index (χ4n) is 3.61. The average Bonchev–Trinajstić information content (AvgIpc) is 3.04. The number of likely N-dealkylation sites (tertiary alicyclic amines) is 1. The third kappa shape index (κ3) is 3.40. The highest BCUT2D eigenvalue weighted by Crippen LogP contribution is 2.34. The van der Waals surface area contributed by atoms with Crippen LogP contribution in [-0.2, 0) is 0 Å². The van der Waals surface area contributed by atoms with Crippen molar-refractivity contribution >= 4 is 11.5 Å². The third-order valence-electron chi connectivity index (χ3n) is 4.94. The molecule has 2 aromatic heterocycles. The number of likely N-dealkylation sites (N-methyl/N-ethyl adjacent to an activating group) is 1. The van der Waals surface area contributed by atoms with Gasteiger partial charge in [0.1, 0.15) is 17.2 Å². The zero-order chi connectivity index (χ0) is 19.0. The van der Waals surface area contributed by atoms with Gasteiger partial charge in [0.15, 0.2) is 0 Å². The van der Waals surface area contributed by atoms with E-state index in [0.29, 0.717) is 29.0 Å². The first-order chi connectivity index (χ1) is 13.0. The van der Waals surface area contributed by atoms with Crippen molar-refractivity contribution in [1.29, 1.82) is 0 Å². The van der Waals surface area contributed by atoms with Crippen LogP contribution in [-0.4, -0.2) is 63.1 Å². The molecule has 1 saturated heterocycles. The van der Waals surface area contributed by atoms with Crippen LogP contribution in [0.25, 0.3) is 16.8 Å². The Hall–Kier alpha value is -2.87. The molecule has 1 aliphatic rings. The van der Waals surface area contributed by atoms with Gasteiger partial charge < -0.3 is 20.1 Å². The minimum atomic E-state index is 0.0963. The van der Waals surface area contributed by atoms with Crippen molar-refractivity contribution in [3.63, 3.8) is 0 Å². The highest BCUT2D eigenvalue weighted by atomic mass is 16.5. The molecule has 0 radical (unpaired) electrons. The Morgan fingerprint density at radius 2 is 2.11 bits per heavy atom. The lowest BCUT2D eigenvalue weighted by Gasteiger charge is -2.30. The molecule has 142 valence electrons. The highest BCUT2D eigenvalue weighted by molar-refractivity contribution is 5.81. The lowest BCUT2D eigenvalue weighted by Crippen LogP contribution is -2.40. The summed E-state index contributed by atoms with van der Waals surface area (Å²) in [7, 11) is 3.69. The van der Waals surface area contributed by atoms with E-state index in [1.54, 1.807) is 29.8 Å². The summed E-state index contributed by atoms with van der Waals surface area (Å²) in [5.41, 5.74) is 2.84. The summed E-state index contributed by atoms with van der Waals surface area (Å²) in [6, 6.07) is 7.41. The smallest absolute Gasteiger partial charge is 0.244 e. The molecule has 1 aromatic carbocycles. The van der Waals surface area contributed by atoms with Crippen molar-refractivity contribution in [2.24, 2.45) is 0 Å². The normalized spacial score (nSPS) is 18.0. The molecule has 0 bridgehead atoms. The Morgan fingerprint density at radius 3 is 2.85 bits per heavy atom. The van der Waals surface area contributed by atoms with Gasteiger partial charge in [-0.2, -0.15) is 9.61 Å². The summed E-state index contributed by atoms with van der Waals surface area (Å²) in [6.45, 7) is 4.02. The van der Waals surface area contributed by atoms with Crippen LogP contribution < -0.4 is 10.1 Å². The fourth-order valence-corrected chi connectivity index (χ4v) is 3.61. The number of methoxy groups -OCH3 is 1. The number of fused-ring (bicyclic) bond motifs is 1. The largest absolute Gasteiger partial charge is 0.507 e. The number of phenolic OH excluding ortho intramolecular Hbond substituents is 1. The summed E-state index contributed by atoms with van der Waals surface area (Å²) in [6.07, 6.45) is 2.25.